The Kier molecular flexibility index (Phi) is 5.35. The summed E-state index contributed by atoms with van der Waals surface area (Å²) < 4.78 is 11.4. The summed E-state index contributed by atoms with van der Waals surface area (Å²) >= 11 is 0. The topological polar surface area (TPSA) is 42.0 Å². The first-order chi connectivity index (χ1) is 12.1. The molecule has 0 aliphatic carbocycles. The summed E-state index contributed by atoms with van der Waals surface area (Å²) in [6.07, 6.45) is 8.64. The van der Waals surface area contributed by atoms with E-state index in [1.807, 2.05) is 0 Å². The van der Waals surface area contributed by atoms with E-state index in [0.717, 1.165) is 64.6 Å². The second-order valence-electron chi connectivity index (χ2n) is 8.78. The van der Waals surface area contributed by atoms with Gasteiger partial charge in [-0.05, 0) is 64.3 Å². The second-order valence-corrected chi connectivity index (χ2v) is 8.78. The number of hydrogen-bond acceptors (Lipinski definition) is 4. The molecule has 4 aliphatic heterocycles. The molecule has 0 radical (unpaired) electrons. The predicted octanol–water partition coefficient (Wildman–Crippen LogP) is 2.29. The van der Waals surface area contributed by atoms with E-state index in [1.165, 1.54) is 32.2 Å². The summed E-state index contributed by atoms with van der Waals surface area (Å²) in [6, 6.07) is 0. The average molecular weight is 351 g/mol. The smallest absolute Gasteiger partial charge is 0.231 e. The lowest BCUT2D eigenvalue weighted by Gasteiger charge is -2.39. The summed E-state index contributed by atoms with van der Waals surface area (Å²) in [7, 11) is 0. The number of likely N-dealkylation sites (tertiary alicyclic amines) is 1. The van der Waals surface area contributed by atoms with Crippen molar-refractivity contribution in [2.75, 3.05) is 45.9 Å². The molecule has 0 aromatic heterocycles. The van der Waals surface area contributed by atoms with Gasteiger partial charge in [-0.3, -0.25) is 9.69 Å². The molecule has 4 heterocycles. The van der Waals surface area contributed by atoms with Gasteiger partial charge in [0.25, 0.3) is 0 Å². The van der Waals surface area contributed by atoms with Gasteiger partial charge < -0.3 is 14.4 Å². The number of amides is 1. The molecule has 2 bridgehead atoms. The third-order valence-electron chi connectivity index (χ3n) is 7.05. The fraction of sp³-hybridized carbons (Fsp3) is 0.950. The highest BCUT2D eigenvalue weighted by Crippen LogP contribution is 2.48. The first-order valence-electron chi connectivity index (χ1n) is 10.4. The molecule has 5 nitrogen and oxygen atoms in total. The summed E-state index contributed by atoms with van der Waals surface area (Å²) in [5, 5.41) is 0. The minimum atomic E-state index is -0.244. The SMILES string of the molecule is CC1(C(=O)N2CCC(CCCN3CCOCC3)CC2)CC2CCC1O2. The molecule has 142 valence electrons. The first kappa shape index (κ1) is 17.7. The molecule has 0 N–H and O–H groups in total. The van der Waals surface area contributed by atoms with Gasteiger partial charge in [0.15, 0.2) is 0 Å². The Bertz CT molecular complexity index is 472. The first-order valence-corrected chi connectivity index (χ1v) is 10.4. The molecule has 4 aliphatic rings. The van der Waals surface area contributed by atoms with E-state index in [1.54, 1.807) is 0 Å². The number of ether oxygens (including phenoxy) is 2. The summed E-state index contributed by atoms with van der Waals surface area (Å²) in [6.45, 7) is 9.23. The number of hydrogen-bond donors (Lipinski definition) is 0. The molecule has 4 saturated heterocycles. The monoisotopic (exact) mass is 350 g/mol. The van der Waals surface area contributed by atoms with Crippen LogP contribution in [0.2, 0.25) is 0 Å². The zero-order chi connectivity index (χ0) is 17.3. The largest absolute Gasteiger partial charge is 0.379 e. The molecule has 25 heavy (non-hydrogen) atoms. The number of fused-ring (bicyclic) bond motifs is 2. The van der Waals surface area contributed by atoms with Crippen LogP contribution in [-0.2, 0) is 14.3 Å². The van der Waals surface area contributed by atoms with Crippen LogP contribution in [0.15, 0.2) is 0 Å². The molecule has 3 unspecified atom stereocenters. The maximum Gasteiger partial charge on any atom is 0.231 e. The van der Waals surface area contributed by atoms with E-state index in [-0.39, 0.29) is 11.5 Å². The minimum absolute atomic E-state index is 0.177. The molecule has 4 fully saturated rings. The zero-order valence-electron chi connectivity index (χ0n) is 15.8. The Morgan fingerprint density at radius 3 is 2.48 bits per heavy atom. The quantitative estimate of drug-likeness (QED) is 0.763. The van der Waals surface area contributed by atoms with E-state index >= 15 is 0 Å². The summed E-state index contributed by atoms with van der Waals surface area (Å²) in [5.74, 6) is 1.17. The Hall–Kier alpha value is -0.650. The normalized spacial score (nSPS) is 36.9. The fourth-order valence-electron chi connectivity index (χ4n) is 5.37. The molecule has 5 heteroatoms. The van der Waals surface area contributed by atoms with Crippen molar-refractivity contribution in [1.29, 1.82) is 0 Å². The van der Waals surface area contributed by atoms with Crippen LogP contribution < -0.4 is 0 Å². The van der Waals surface area contributed by atoms with Gasteiger partial charge in [-0.1, -0.05) is 0 Å². The molecular formula is C20H34N2O3. The van der Waals surface area contributed by atoms with Gasteiger partial charge in [0.2, 0.25) is 5.91 Å². The number of morpholine rings is 1. The Labute approximate surface area is 152 Å². The number of piperidine rings is 1. The molecule has 0 aromatic carbocycles. The number of nitrogens with zero attached hydrogens (tertiary/aromatic N) is 2. The Balaban J connectivity index is 1.18. The molecular weight excluding hydrogens is 316 g/mol. The van der Waals surface area contributed by atoms with Gasteiger partial charge in [-0.2, -0.15) is 0 Å². The van der Waals surface area contributed by atoms with Crippen LogP contribution in [0.25, 0.3) is 0 Å². The number of carbonyl (C=O) groups is 1. The Morgan fingerprint density at radius 2 is 1.84 bits per heavy atom. The van der Waals surface area contributed by atoms with Crippen LogP contribution in [0.1, 0.15) is 51.9 Å². The minimum Gasteiger partial charge on any atom is -0.379 e. The third-order valence-corrected chi connectivity index (χ3v) is 7.05. The van der Waals surface area contributed by atoms with E-state index in [2.05, 4.69) is 16.7 Å². The lowest BCUT2D eigenvalue weighted by molar-refractivity contribution is -0.145. The van der Waals surface area contributed by atoms with Crippen LogP contribution in [0.4, 0.5) is 0 Å². The standard InChI is InChI=1S/C20H34N2O3/c1-20(15-17-4-5-18(20)25-17)19(23)22-9-6-16(7-10-22)3-2-8-21-11-13-24-14-12-21/h16-18H,2-15H2,1H3. The van der Waals surface area contributed by atoms with Crippen molar-refractivity contribution in [1.82, 2.24) is 9.80 Å². The van der Waals surface area contributed by atoms with Crippen molar-refractivity contribution < 1.29 is 14.3 Å². The van der Waals surface area contributed by atoms with Crippen molar-refractivity contribution in [3.63, 3.8) is 0 Å². The van der Waals surface area contributed by atoms with Gasteiger partial charge in [0.1, 0.15) is 0 Å². The lowest BCUT2D eigenvalue weighted by atomic mass is 9.74. The molecule has 0 aromatic rings. The van der Waals surface area contributed by atoms with Crippen molar-refractivity contribution in [2.45, 2.75) is 64.1 Å². The van der Waals surface area contributed by atoms with Crippen molar-refractivity contribution in [3.8, 4) is 0 Å². The highest BCUT2D eigenvalue weighted by molar-refractivity contribution is 5.83. The molecule has 4 rings (SSSR count). The maximum atomic E-state index is 13.1. The van der Waals surface area contributed by atoms with E-state index in [9.17, 15) is 4.79 Å². The molecule has 0 spiro atoms. The van der Waals surface area contributed by atoms with Crippen molar-refractivity contribution >= 4 is 5.91 Å². The Morgan fingerprint density at radius 1 is 1.08 bits per heavy atom. The number of carbonyl (C=O) groups excluding carboxylic acids is 1. The lowest BCUT2D eigenvalue weighted by Crippen LogP contribution is -2.50. The van der Waals surface area contributed by atoms with Gasteiger partial charge in [0.05, 0.1) is 30.8 Å². The van der Waals surface area contributed by atoms with Crippen molar-refractivity contribution in [2.24, 2.45) is 11.3 Å². The second kappa shape index (κ2) is 7.53. The average Bonchev–Trinajstić information content (AvgIpc) is 3.24. The third kappa shape index (κ3) is 3.74. The van der Waals surface area contributed by atoms with E-state index in [0.29, 0.717) is 12.0 Å². The van der Waals surface area contributed by atoms with Gasteiger partial charge in [-0.15, -0.1) is 0 Å². The van der Waals surface area contributed by atoms with Gasteiger partial charge in [-0.25, -0.2) is 0 Å². The van der Waals surface area contributed by atoms with Crippen LogP contribution >= 0.6 is 0 Å². The fourth-order valence-corrected chi connectivity index (χ4v) is 5.37. The number of rotatable bonds is 5. The van der Waals surface area contributed by atoms with E-state index in [4.69, 9.17) is 9.47 Å². The zero-order valence-corrected chi connectivity index (χ0v) is 15.8. The van der Waals surface area contributed by atoms with Gasteiger partial charge >= 0.3 is 0 Å². The van der Waals surface area contributed by atoms with E-state index < -0.39 is 0 Å². The van der Waals surface area contributed by atoms with Crippen LogP contribution in [0, 0.1) is 11.3 Å². The molecule has 0 saturated carbocycles. The van der Waals surface area contributed by atoms with Crippen LogP contribution in [-0.4, -0.2) is 73.9 Å². The predicted molar refractivity (Wildman–Crippen MR) is 96.4 cm³/mol. The summed E-state index contributed by atoms with van der Waals surface area (Å²) in [5.41, 5.74) is -0.244. The molecule has 3 atom stereocenters. The summed E-state index contributed by atoms with van der Waals surface area (Å²) in [4.78, 5) is 17.7. The highest BCUT2D eigenvalue weighted by atomic mass is 16.5. The highest BCUT2D eigenvalue weighted by Gasteiger charge is 2.55. The van der Waals surface area contributed by atoms with Crippen molar-refractivity contribution in [3.05, 3.63) is 0 Å². The van der Waals surface area contributed by atoms with Crippen LogP contribution in [0.3, 0.4) is 0 Å². The molecule has 1 amide bonds. The van der Waals surface area contributed by atoms with Crippen LogP contribution in [0.5, 0.6) is 0 Å². The maximum absolute atomic E-state index is 13.1. The van der Waals surface area contributed by atoms with Gasteiger partial charge in [0, 0.05) is 26.2 Å².